The molecule has 0 radical (unpaired) electrons. The quantitative estimate of drug-likeness (QED) is 0.426. The molecule has 0 amide bonds. The molecule has 0 bridgehead atoms. The van der Waals surface area contributed by atoms with Crippen molar-refractivity contribution in [3.8, 4) is 5.75 Å². The summed E-state index contributed by atoms with van der Waals surface area (Å²) in [5, 5.41) is 0. The number of benzene rings is 1. The van der Waals surface area contributed by atoms with Crippen molar-refractivity contribution in [2.24, 2.45) is 0 Å². The van der Waals surface area contributed by atoms with Gasteiger partial charge in [0.2, 0.25) is 0 Å². The smallest absolute Gasteiger partial charge is 0.330 e. The Morgan fingerprint density at radius 2 is 2.11 bits per heavy atom. The molecule has 0 aliphatic heterocycles. The van der Waals surface area contributed by atoms with Crippen LogP contribution in [0.2, 0.25) is 0 Å². The number of ether oxygens (including phenoxy) is 2. The lowest BCUT2D eigenvalue weighted by Crippen LogP contribution is -1.99. The van der Waals surface area contributed by atoms with Gasteiger partial charge in [-0.25, -0.2) is 4.79 Å². The van der Waals surface area contributed by atoms with Gasteiger partial charge in [-0.1, -0.05) is 31.9 Å². The van der Waals surface area contributed by atoms with Gasteiger partial charge in [0, 0.05) is 11.6 Å². The number of carbonyl (C=O) groups excluding carboxylic acids is 1. The first-order valence-electron chi connectivity index (χ1n) is 6.67. The number of hydrogen-bond donors (Lipinski definition) is 0. The van der Waals surface area contributed by atoms with E-state index in [0.29, 0.717) is 6.61 Å². The SMILES string of the molecule is CCCCCOc1cc(C)ccc1/C=C/C(=O)OC. The van der Waals surface area contributed by atoms with E-state index in [-0.39, 0.29) is 5.97 Å². The molecule has 3 heteroatoms. The number of aryl methyl sites for hydroxylation is 1. The third-order valence-corrected chi connectivity index (χ3v) is 2.77. The fourth-order valence-electron chi connectivity index (χ4n) is 1.66. The predicted molar refractivity (Wildman–Crippen MR) is 77.2 cm³/mol. The summed E-state index contributed by atoms with van der Waals surface area (Å²) in [6, 6.07) is 5.93. The molecule has 0 unspecified atom stereocenters. The Labute approximate surface area is 115 Å². The molecule has 0 aliphatic rings. The maximum atomic E-state index is 11.1. The highest BCUT2D eigenvalue weighted by Crippen LogP contribution is 2.22. The summed E-state index contributed by atoms with van der Waals surface area (Å²) < 4.78 is 10.4. The molecule has 0 aliphatic carbocycles. The van der Waals surface area contributed by atoms with Gasteiger partial charge in [0.25, 0.3) is 0 Å². The van der Waals surface area contributed by atoms with Crippen molar-refractivity contribution in [3.05, 3.63) is 35.4 Å². The summed E-state index contributed by atoms with van der Waals surface area (Å²) in [7, 11) is 1.37. The van der Waals surface area contributed by atoms with Crippen molar-refractivity contribution in [1.29, 1.82) is 0 Å². The van der Waals surface area contributed by atoms with Gasteiger partial charge in [0.05, 0.1) is 13.7 Å². The van der Waals surface area contributed by atoms with Crippen LogP contribution >= 0.6 is 0 Å². The van der Waals surface area contributed by atoms with Crippen LogP contribution < -0.4 is 4.74 Å². The maximum Gasteiger partial charge on any atom is 0.330 e. The molecule has 0 heterocycles. The van der Waals surface area contributed by atoms with E-state index in [1.165, 1.54) is 26.0 Å². The number of unbranched alkanes of at least 4 members (excludes halogenated alkanes) is 2. The number of methoxy groups -OCH3 is 1. The topological polar surface area (TPSA) is 35.5 Å². The summed E-state index contributed by atoms with van der Waals surface area (Å²) in [5.74, 6) is 0.453. The van der Waals surface area contributed by atoms with Crippen molar-refractivity contribution < 1.29 is 14.3 Å². The van der Waals surface area contributed by atoms with Crippen molar-refractivity contribution in [2.45, 2.75) is 33.1 Å². The van der Waals surface area contributed by atoms with Gasteiger partial charge in [0.15, 0.2) is 0 Å². The largest absolute Gasteiger partial charge is 0.493 e. The Hall–Kier alpha value is -1.77. The fourth-order valence-corrected chi connectivity index (χ4v) is 1.66. The van der Waals surface area contributed by atoms with E-state index in [0.717, 1.165) is 23.3 Å². The lowest BCUT2D eigenvalue weighted by Gasteiger charge is -2.10. The molecule has 0 aromatic heterocycles. The molecular weight excluding hydrogens is 240 g/mol. The Morgan fingerprint density at radius 3 is 2.79 bits per heavy atom. The third-order valence-electron chi connectivity index (χ3n) is 2.77. The maximum absolute atomic E-state index is 11.1. The first kappa shape index (κ1) is 15.3. The van der Waals surface area contributed by atoms with Gasteiger partial charge < -0.3 is 9.47 Å². The Balaban J connectivity index is 2.73. The highest BCUT2D eigenvalue weighted by molar-refractivity contribution is 5.87. The lowest BCUT2D eigenvalue weighted by molar-refractivity contribution is -0.134. The van der Waals surface area contributed by atoms with E-state index >= 15 is 0 Å². The second-order valence-corrected chi connectivity index (χ2v) is 4.45. The highest BCUT2D eigenvalue weighted by Gasteiger charge is 2.02. The predicted octanol–water partition coefficient (Wildman–Crippen LogP) is 3.75. The van der Waals surface area contributed by atoms with E-state index in [2.05, 4.69) is 11.7 Å². The van der Waals surface area contributed by atoms with Crippen LogP contribution in [0.1, 0.15) is 37.3 Å². The summed E-state index contributed by atoms with van der Waals surface area (Å²) in [6.45, 7) is 4.89. The molecule has 104 valence electrons. The summed E-state index contributed by atoms with van der Waals surface area (Å²) >= 11 is 0. The second-order valence-electron chi connectivity index (χ2n) is 4.45. The normalized spacial score (nSPS) is 10.7. The molecule has 19 heavy (non-hydrogen) atoms. The molecule has 0 fully saturated rings. The fraction of sp³-hybridized carbons (Fsp3) is 0.438. The molecule has 1 aromatic rings. The number of carbonyl (C=O) groups is 1. The van der Waals surface area contributed by atoms with Crippen LogP contribution in [-0.2, 0) is 9.53 Å². The standard InChI is InChI=1S/C16H22O3/c1-4-5-6-11-19-15-12-13(2)7-8-14(15)9-10-16(17)18-3/h7-10,12H,4-6,11H2,1-3H3/b10-9+. The van der Waals surface area contributed by atoms with Gasteiger partial charge in [-0.2, -0.15) is 0 Å². The molecule has 1 rings (SSSR count). The van der Waals surface area contributed by atoms with Gasteiger partial charge in [-0.15, -0.1) is 0 Å². The van der Waals surface area contributed by atoms with Crippen molar-refractivity contribution >= 4 is 12.0 Å². The zero-order valence-electron chi connectivity index (χ0n) is 11.9. The molecule has 0 saturated carbocycles. The average molecular weight is 262 g/mol. The molecule has 0 atom stereocenters. The summed E-state index contributed by atoms with van der Waals surface area (Å²) in [5.41, 5.74) is 2.04. The molecule has 1 aromatic carbocycles. The zero-order valence-corrected chi connectivity index (χ0v) is 11.9. The lowest BCUT2D eigenvalue weighted by atomic mass is 10.1. The zero-order chi connectivity index (χ0) is 14.1. The van der Waals surface area contributed by atoms with Crippen LogP contribution in [0.25, 0.3) is 6.08 Å². The van der Waals surface area contributed by atoms with Crippen LogP contribution in [0.15, 0.2) is 24.3 Å². The van der Waals surface area contributed by atoms with Gasteiger partial charge in [-0.05, 0) is 31.1 Å². The Morgan fingerprint density at radius 1 is 1.32 bits per heavy atom. The van der Waals surface area contributed by atoms with E-state index < -0.39 is 0 Å². The van der Waals surface area contributed by atoms with Crippen LogP contribution in [0.4, 0.5) is 0 Å². The minimum absolute atomic E-state index is 0.363. The molecular formula is C16H22O3. The van der Waals surface area contributed by atoms with Crippen molar-refractivity contribution in [1.82, 2.24) is 0 Å². The first-order chi connectivity index (χ1) is 9.17. The molecule has 0 saturated heterocycles. The van der Waals surface area contributed by atoms with Gasteiger partial charge >= 0.3 is 5.97 Å². The van der Waals surface area contributed by atoms with Gasteiger partial charge in [-0.3, -0.25) is 0 Å². The Bertz CT molecular complexity index is 436. The number of rotatable bonds is 7. The number of esters is 1. The molecule has 0 spiro atoms. The van der Waals surface area contributed by atoms with Crippen LogP contribution in [-0.4, -0.2) is 19.7 Å². The van der Waals surface area contributed by atoms with Crippen LogP contribution in [0, 0.1) is 6.92 Å². The monoisotopic (exact) mass is 262 g/mol. The summed E-state index contributed by atoms with van der Waals surface area (Å²) in [6.07, 6.45) is 6.51. The Kier molecular flexibility index (Phi) is 6.72. The van der Waals surface area contributed by atoms with Crippen molar-refractivity contribution in [2.75, 3.05) is 13.7 Å². The van der Waals surface area contributed by atoms with Crippen LogP contribution in [0.3, 0.4) is 0 Å². The van der Waals surface area contributed by atoms with Crippen LogP contribution in [0.5, 0.6) is 5.75 Å². The average Bonchev–Trinajstić information content (AvgIpc) is 2.42. The van der Waals surface area contributed by atoms with E-state index in [4.69, 9.17) is 4.74 Å². The highest BCUT2D eigenvalue weighted by atomic mass is 16.5. The van der Waals surface area contributed by atoms with Gasteiger partial charge in [0.1, 0.15) is 5.75 Å². The first-order valence-corrected chi connectivity index (χ1v) is 6.67. The summed E-state index contributed by atoms with van der Waals surface area (Å²) in [4.78, 5) is 11.1. The van der Waals surface area contributed by atoms with E-state index in [1.807, 2.05) is 25.1 Å². The molecule has 0 N–H and O–H groups in total. The van der Waals surface area contributed by atoms with E-state index in [9.17, 15) is 4.79 Å². The van der Waals surface area contributed by atoms with E-state index in [1.54, 1.807) is 6.08 Å². The number of hydrogen-bond acceptors (Lipinski definition) is 3. The van der Waals surface area contributed by atoms with Crippen molar-refractivity contribution in [3.63, 3.8) is 0 Å². The third kappa shape index (κ3) is 5.60. The minimum atomic E-state index is -0.363. The molecule has 3 nitrogen and oxygen atoms in total. The minimum Gasteiger partial charge on any atom is -0.493 e. The second kappa shape index (κ2) is 8.35.